The van der Waals surface area contributed by atoms with E-state index in [1.165, 1.54) is 57.0 Å². The first-order valence-corrected chi connectivity index (χ1v) is 12.8. The molecule has 4 rings (SSSR count). The number of nitrogens with zero attached hydrogens (tertiary/aromatic N) is 3. The van der Waals surface area contributed by atoms with Gasteiger partial charge < -0.3 is 34.7 Å². The van der Waals surface area contributed by atoms with Crippen LogP contribution in [0.2, 0.25) is 0 Å². The summed E-state index contributed by atoms with van der Waals surface area (Å²) in [5.74, 6) is -3.05. The Hall–Kier alpha value is -4.63. The number of methoxy groups -OCH3 is 1. The topological polar surface area (TPSA) is 221 Å². The summed E-state index contributed by atoms with van der Waals surface area (Å²) in [4.78, 5) is 67.5. The number of carbonyl (C=O) groups is 5. The first kappa shape index (κ1) is 41.4. The van der Waals surface area contributed by atoms with E-state index in [-0.39, 0.29) is 72.1 Å². The minimum absolute atomic E-state index is 0. The number of nitrogens with one attached hydrogen (secondary N) is 1. The molecule has 46 heavy (non-hydrogen) atoms. The number of aromatic nitrogens is 4. The molecule has 0 atom stereocenters. The molecule has 0 spiro atoms. The van der Waals surface area contributed by atoms with E-state index in [1.54, 1.807) is 43.5 Å². The average Bonchev–Trinajstić information content (AvgIpc) is 3.64. The zero-order valence-corrected chi connectivity index (χ0v) is 27.5. The third-order valence-electron chi connectivity index (χ3n) is 5.91. The summed E-state index contributed by atoms with van der Waals surface area (Å²) in [5, 5.41) is 17.4. The maximum absolute atomic E-state index is 12.0. The fraction of sp³-hybridized carbons (Fsp3) is 0.258. The summed E-state index contributed by atoms with van der Waals surface area (Å²) >= 11 is 0. The maximum atomic E-state index is 12.0. The fourth-order valence-electron chi connectivity index (χ4n) is 3.51. The van der Waals surface area contributed by atoms with Gasteiger partial charge in [0.1, 0.15) is 0 Å². The Balaban J connectivity index is 0.000000887. The second kappa shape index (κ2) is 17.8. The molecule has 4 heterocycles. The Morgan fingerprint density at radius 3 is 1.89 bits per heavy atom. The third kappa shape index (κ3) is 10.8. The molecule has 0 fully saturated rings. The molecule has 0 aromatic carbocycles. The van der Waals surface area contributed by atoms with Crippen molar-refractivity contribution in [3.63, 3.8) is 0 Å². The predicted molar refractivity (Wildman–Crippen MR) is 161 cm³/mol. The molecule has 0 aliphatic heterocycles. The van der Waals surface area contributed by atoms with E-state index in [9.17, 15) is 24.0 Å². The van der Waals surface area contributed by atoms with Gasteiger partial charge in [-0.3, -0.25) is 19.6 Å². The number of carboxylic acid groups (broad SMARTS) is 2. The third-order valence-corrected chi connectivity index (χ3v) is 5.91. The quantitative estimate of drug-likeness (QED) is 0.142. The number of esters is 2. The van der Waals surface area contributed by atoms with E-state index in [0.717, 1.165) is 0 Å². The molecule has 0 unspecified atom stereocenters. The molecule has 4 N–H and O–H groups in total. The van der Waals surface area contributed by atoms with Crippen molar-refractivity contribution in [2.24, 2.45) is 5.41 Å². The maximum Gasteiger partial charge on any atom is 1.00 e. The van der Waals surface area contributed by atoms with Crippen LogP contribution in [0.3, 0.4) is 0 Å². The second-order valence-corrected chi connectivity index (χ2v) is 10.2. The molecule has 14 nitrogen and oxygen atoms in total. The van der Waals surface area contributed by atoms with Crippen molar-refractivity contribution in [2.75, 3.05) is 7.11 Å². The van der Waals surface area contributed by atoms with Crippen molar-refractivity contribution in [3.8, 4) is 22.8 Å². The standard InChI is InChI=1S/C19H22N2O5.C11H8N2O4.CH4.Na.H2O/c1-12(22)13-6-7-15(20-9-13)16-8-14(17(23)25-5)10-21(16)11-26-18(24)19(2,3)4;14-10(15)6-1-2-8(12-4-6)9-3-7(5-13-9)11(16)17;;;/h6-10H,11H2,1-5H3;1-5,13H,(H,14,15)(H,16,17);1H4;;1H2/q;;;+1;/p-1. The van der Waals surface area contributed by atoms with Crippen molar-refractivity contribution in [2.45, 2.75) is 41.9 Å². The van der Waals surface area contributed by atoms with Gasteiger partial charge in [-0.1, -0.05) is 7.43 Å². The van der Waals surface area contributed by atoms with Crippen LogP contribution in [0.5, 0.6) is 0 Å². The molecule has 4 aromatic heterocycles. The van der Waals surface area contributed by atoms with Crippen molar-refractivity contribution in [1.82, 2.24) is 19.5 Å². The van der Waals surface area contributed by atoms with E-state index in [4.69, 9.17) is 19.7 Å². The Morgan fingerprint density at radius 2 is 1.43 bits per heavy atom. The van der Waals surface area contributed by atoms with Crippen molar-refractivity contribution in [3.05, 3.63) is 83.4 Å². The van der Waals surface area contributed by atoms with E-state index in [0.29, 0.717) is 33.9 Å². The molecule has 240 valence electrons. The molecule has 4 aromatic rings. The molecule has 0 saturated heterocycles. The van der Waals surface area contributed by atoms with Gasteiger partial charge in [0.15, 0.2) is 12.5 Å². The summed E-state index contributed by atoms with van der Waals surface area (Å²) in [5.41, 5.74) is 2.50. The van der Waals surface area contributed by atoms with E-state index in [1.807, 2.05) is 0 Å². The monoisotopic (exact) mass is 646 g/mol. The molecule has 0 saturated carbocycles. The van der Waals surface area contributed by atoms with Crippen LogP contribution in [0.1, 0.15) is 76.6 Å². The smallest absolute Gasteiger partial charge is 0.870 e. The van der Waals surface area contributed by atoms with Crippen LogP contribution in [0.4, 0.5) is 0 Å². The number of hydrogen-bond acceptors (Lipinski definition) is 10. The van der Waals surface area contributed by atoms with Crippen LogP contribution in [0.15, 0.2) is 61.2 Å². The number of Topliss-reactive ketones (excluding diaryl/α,β-unsaturated/α-hetero) is 1. The number of hydrogen-bond donors (Lipinski definition) is 3. The molecule has 0 amide bonds. The van der Waals surface area contributed by atoms with Gasteiger partial charge in [0.25, 0.3) is 0 Å². The number of ether oxygens (including phenoxy) is 2. The number of carboxylic acids is 2. The van der Waals surface area contributed by atoms with Crippen LogP contribution in [0, 0.1) is 5.41 Å². The normalized spacial score (nSPS) is 10.0. The van der Waals surface area contributed by atoms with Gasteiger partial charge in [-0.05, 0) is 64.1 Å². The van der Waals surface area contributed by atoms with Crippen LogP contribution in [-0.4, -0.2) is 72.0 Å². The van der Waals surface area contributed by atoms with Gasteiger partial charge in [0.2, 0.25) is 0 Å². The molecule has 0 aliphatic carbocycles. The van der Waals surface area contributed by atoms with E-state index >= 15 is 0 Å². The minimum atomic E-state index is -1.05. The number of aromatic carboxylic acids is 2. The minimum Gasteiger partial charge on any atom is -0.870 e. The van der Waals surface area contributed by atoms with Crippen molar-refractivity contribution >= 4 is 29.7 Å². The molecule has 0 bridgehead atoms. The van der Waals surface area contributed by atoms with Gasteiger partial charge in [-0.25, -0.2) is 14.4 Å². The number of rotatable bonds is 8. The average molecular weight is 647 g/mol. The first-order chi connectivity index (χ1) is 20.2. The van der Waals surface area contributed by atoms with Gasteiger partial charge in [0.05, 0.1) is 52.0 Å². The predicted octanol–water partition coefficient (Wildman–Crippen LogP) is 2.02. The number of carbonyl (C=O) groups excluding carboxylic acids is 3. The van der Waals surface area contributed by atoms with Gasteiger partial charge in [0, 0.05) is 30.4 Å². The van der Waals surface area contributed by atoms with Crippen molar-refractivity contribution < 1.29 is 78.7 Å². The number of ketones is 1. The SMILES string of the molecule is C.COC(=O)c1cc(-c2ccc(C(C)=O)cn2)n(COC(=O)C(C)(C)C)c1.O=C(O)c1ccc(-c2cc(C(=O)O)c[nH]2)nc1.[Na+].[OH-]. The molecular weight excluding hydrogens is 611 g/mol. The van der Waals surface area contributed by atoms with Gasteiger partial charge >= 0.3 is 53.4 Å². The van der Waals surface area contributed by atoms with E-state index in [2.05, 4.69) is 15.0 Å². The van der Waals surface area contributed by atoms with Gasteiger partial charge in [-0.2, -0.15) is 0 Å². The summed E-state index contributed by atoms with van der Waals surface area (Å²) in [7, 11) is 1.29. The van der Waals surface area contributed by atoms with Crippen LogP contribution in [0.25, 0.3) is 22.8 Å². The van der Waals surface area contributed by atoms with Crippen LogP contribution < -0.4 is 29.6 Å². The van der Waals surface area contributed by atoms with Crippen LogP contribution in [-0.2, 0) is 21.0 Å². The molecular formula is C31H35N4NaO10. The Labute approximate surface area is 287 Å². The summed E-state index contributed by atoms with van der Waals surface area (Å²) in [6.07, 6.45) is 5.58. The van der Waals surface area contributed by atoms with Crippen LogP contribution >= 0.6 is 0 Å². The Bertz CT molecular complexity index is 1650. The Kier molecular flexibility index (Phi) is 16.0. The molecule has 0 aliphatic rings. The number of aromatic amines is 1. The zero-order valence-electron chi connectivity index (χ0n) is 25.5. The summed E-state index contributed by atoms with van der Waals surface area (Å²) in [6, 6.07) is 9.29. The largest absolute Gasteiger partial charge is 1.00 e. The fourth-order valence-corrected chi connectivity index (χ4v) is 3.51. The Morgan fingerprint density at radius 1 is 0.870 bits per heavy atom. The molecule has 15 heteroatoms. The second-order valence-electron chi connectivity index (χ2n) is 10.2. The van der Waals surface area contributed by atoms with Crippen molar-refractivity contribution in [1.29, 1.82) is 0 Å². The summed E-state index contributed by atoms with van der Waals surface area (Å²) < 4.78 is 11.7. The zero-order chi connectivity index (χ0) is 31.9. The first-order valence-electron chi connectivity index (χ1n) is 12.8. The number of H-pyrrole nitrogens is 1. The summed E-state index contributed by atoms with van der Waals surface area (Å²) in [6.45, 7) is 6.66. The van der Waals surface area contributed by atoms with E-state index < -0.39 is 23.3 Å². The van der Waals surface area contributed by atoms with Gasteiger partial charge in [-0.15, -0.1) is 0 Å². The number of pyridine rings is 2. The molecule has 0 radical (unpaired) electrons.